The van der Waals surface area contributed by atoms with E-state index in [4.69, 9.17) is 5.73 Å². The first-order chi connectivity index (χ1) is 6.33. The quantitative estimate of drug-likeness (QED) is 0.726. The lowest BCUT2D eigenvalue weighted by atomic mass is 10.1. The van der Waals surface area contributed by atoms with E-state index < -0.39 is 6.17 Å². The molecule has 0 spiro atoms. The van der Waals surface area contributed by atoms with Crippen LogP contribution >= 0.6 is 0 Å². The summed E-state index contributed by atoms with van der Waals surface area (Å²) < 4.78 is 13.3. The molecule has 0 aliphatic heterocycles. The molecule has 1 unspecified atom stereocenters. The first kappa shape index (κ1) is 8.26. The molecule has 1 aromatic heterocycles. The van der Waals surface area contributed by atoms with Crippen LogP contribution in [0.3, 0.4) is 0 Å². The second-order valence-corrected chi connectivity index (χ2v) is 2.99. The Morgan fingerprint density at radius 2 is 2.23 bits per heavy atom. The van der Waals surface area contributed by atoms with Gasteiger partial charge in [0.2, 0.25) is 0 Å². The molecule has 2 aromatic rings. The molecule has 3 N–H and O–H groups in total. The Balaban J connectivity index is 2.60. The van der Waals surface area contributed by atoms with E-state index in [0.29, 0.717) is 5.56 Å². The highest BCUT2D eigenvalue weighted by atomic mass is 19.1. The highest BCUT2D eigenvalue weighted by Gasteiger charge is 2.10. The summed E-state index contributed by atoms with van der Waals surface area (Å²) in [4.78, 5) is 3.03. The maximum atomic E-state index is 13.3. The minimum Gasteiger partial charge on any atom is -0.361 e. The van der Waals surface area contributed by atoms with Crippen molar-refractivity contribution in [3.63, 3.8) is 0 Å². The summed E-state index contributed by atoms with van der Waals surface area (Å²) >= 11 is 0. The SMILES string of the molecule is NCC(F)c1cccc2[nH]ccc12. The van der Waals surface area contributed by atoms with Crippen LogP contribution < -0.4 is 5.73 Å². The Morgan fingerprint density at radius 3 is 3.00 bits per heavy atom. The number of benzene rings is 1. The van der Waals surface area contributed by atoms with Crippen molar-refractivity contribution in [3.05, 3.63) is 36.0 Å². The summed E-state index contributed by atoms with van der Waals surface area (Å²) in [6, 6.07) is 7.39. The van der Waals surface area contributed by atoms with Crippen LogP contribution in [0.4, 0.5) is 4.39 Å². The van der Waals surface area contributed by atoms with Crippen molar-refractivity contribution in [3.8, 4) is 0 Å². The predicted octanol–water partition coefficient (Wildman–Crippen LogP) is 2.14. The number of alkyl halides is 1. The third-order valence-corrected chi connectivity index (χ3v) is 2.17. The zero-order valence-corrected chi connectivity index (χ0v) is 7.13. The fourth-order valence-corrected chi connectivity index (χ4v) is 1.51. The van der Waals surface area contributed by atoms with Crippen LogP contribution in [-0.4, -0.2) is 11.5 Å². The minimum atomic E-state index is -1.07. The van der Waals surface area contributed by atoms with Crippen LogP contribution in [-0.2, 0) is 0 Å². The average Bonchev–Trinajstić information content (AvgIpc) is 2.63. The Morgan fingerprint density at radius 1 is 1.38 bits per heavy atom. The summed E-state index contributed by atoms with van der Waals surface area (Å²) in [5.74, 6) is 0. The lowest BCUT2D eigenvalue weighted by molar-refractivity contribution is 0.355. The van der Waals surface area contributed by atoms with Gasteiger partial charge in [0, 0.05) is 23.6 Å². The molecule has 0 aliphatic rings. The van der Waals surface area contributed by atoms with Gasteiger partial charge in [0.15, 0.2) is 0 Å². The van der Waals surface area contributed by atoms with Gasteiger partial charge >= 0.3 is 0 Å². The second kappa shape index (κ2) is 3.18. The molecule has 0 radical (unpaired) electrons. The molecule has 0 aliphatic carbocycles. The number of aromatic amines is 1. The first-order valence-electron chi connectivity index (χ1n) is 4.23. The molecule has 0 saturated carbocycles. The Kier molecular flexibility index (Phi) is 2.02. The van der Waals surface area contributed by atoms with Gasteiger partial charge in [0.05, 0.1) is 0 Å². The predicted molar refractivity (Wildman–Crippen MR) is 51.2 cm³/mol. The van der Waals surface area contributed by atoms with Gasteiger partial charge in [-0.25, -0.2) is 4.39 Å². The highest BCUT2D eigenvalue weighted by molar-refractivity contribution is 5.83. The van der Waals surface area contributed by atoms with Gasteiger partial charge in [-0.1, -0.05) is 12.1 Å². The van der Waals surface area contributed by atoms with Gasteiger partial charge in [-0.05, 0) is 17.7 Å². The summed E-state index contributed by atoms with van der Waals surface area (Å²) in [5, 5.41) is 0.917. The molecule has 1 atom stereocenters. The smallest absolute Gasteiger partial charge is 0.138 e. The fourth-order valence-electron chi connectivity index (χ4n) is 1.51. The third kappa shape index (κ3) is 1.31. The summed E-state index contributed by atoms with van der Waals surface area (Å²) in [6.45, 7) is 0.0320. The molecule has 13 heavy (non-hydrogen) atoms. The Hall–Kier alpha value is -1.35. The van der Waals surface area contributed by atoms with E-state index in [1.54, 1.807) is 12.3 Å². The molecule has 3 heteroatoms. The molecule has 0 saturated heterocycles. The maximum Gasteiger partial charge on any atom is 0.138 e. The standard InChI is InChI=1S/C10H11FN2/c11-9(6-12)7-2-1-3-10-8(7)4-5-13-10/h1-5,9,13H,6,12H2. The van der Waals surface area contributed by atoms with E-state index >= 15 is 0 Å². The Bertz CT molecular complexity index is 408. The number of H-pyrrole nitrogens is 1. The van der Waals surface area contributed by atoms with Crippen LogP contribution in [0.5, 0.6) is 0 Å². The number of hydrogen-bond acceptors (Lipinski definition) is 1. The number of aromatic nitrogens is 1. The lowest BCUT2D eigenvalue weighted by Gasteiger charge is -2.06. The maximum absolute atomic E-state index is 13.3. The second-order valence-electron chi connectivity index (χ2n) is 2.99. The summed E-state index contributed by atoms with van der Waals surface area (Å²) in [6.07, 6.45) is 0.733. The van der Waals surface area contributed by atoms with Crippen LogP contribution in [0.1, 0.15) is 11.7 Å². The van der Waals surface area contributed by atoms with Crippen molar-refractivity contribution >= 4 is 10.9 Å². The largest absolute Gasteiger partial charge is 0.361 e. The zero-order chi connectivity index (χ0) is 9.26. The summed E-state index contributed by atoms with van der Waals surface area (Å²) in [5.41, 5.74) is 6.90. The molecule has 1 heterocycles. The fraction of sp³-hybridized carbons (Fsp3) is 0.200. The van der Waals surface area contributed by atoms with E-state index in [1.165, 1.54) is 0 Å². The number of hydrogen-bond donors (Lipinski definition) is 2. The monoisotopic (exact) mass is 178 g/mol. The zero-order valence-electron chi connectivity index (χ0n) is 7.13. The van der Waals surface area contributed by atoms with Crippen molar-refractivity contribution < 1.29 is 4.39 Å². The van der Waals surface area contributed by atoms with E-state index in [9.17, 15) is 4.39 Å². The molecule has 68 valence electrons. The molecular weight excluding hydrogens is 167 g/mol. The molecule has 0 bridgehead atoms. The van der Waals surface area contributed by atoms with Gasteiger partial charge < -0.3 is 10.7 Å². The van der Waals surface area contributed by atoms with Crippen LogP contribution in [0, 0.1) is 0 Å². The molecule has 1 aromatic carbocycles. The van der Waals surface area contributed by atoms with E-state index in [0.717, 1.165) is 10.9 Å². The molecule has 0 fully saturated rings. The van der Waals surface area contributed by atoms with E-state index in [2.05, 4.69) is 4.98 Å². The minimum absolute atomic E-state index is 0.0320. The molecule has 2 rings (SSSR count). The lowest BCUT2D eigenvalue weighted by Crippen LogP contribution is -2.07. The highest BCUT2D eigenvalue weighted by Crippen LogP contribution is 2.25. The van der Waals surface area contributed by atoms with Crippen molar-refractivity contribution in [1.29, 1.82) is 0 Å². The average molecular weight is 178 g/mol. The van der Waals surface area contributed by atoms with Crippen LogP contribution in [0.2, 0.25) is 0 Å². The van der Waals surface area contributed by atoms with Crippen LogP contribution in [0.15, 0.2) is 30.5 Å². The number of fused-ring (bicyclic) bond motifs is 1. The van der Waals surface area contributed by atoms with Crippen molar-refractivity contribution in [2.45, 2.75) is 6.17 Å². The van der Waals surface area contributed by atoms with Crippen molar-refractivity contribution in [2.75, 3.05) is 6.54 Å². The molecule has 0 amide bonds. The summed E-state index contributed by atoms with van der Waals surface area (Å²) in [7, 11) is 0. The number of nitrogens with two attached hydrogens (primary N) is 1. The van der Waals surface area contributed by atoms with Crippen molar-refractivity contribution in [1.82, 2.24) is 4.98 Å². The number of rotatable bonds is 2. The van der Waals surface area contributed by atoms with Gasteiger partial charge in [0.1, 0.15) is 6.17 Å². The normalized spacial score (nSPS) is 13.4. The third-order valence-electron chi connectivity index (χ3n) is 2.17. The topological polar surface area (TPSA) is 41.8 Å². The van der Waals surface area contributed by atoms with Gasteiger partial charge in [-0.3, -0.25) is 0 Å². The molecule has 2 nitrogen and oxygen atoms in total. The van der Waals surface area contributed by atoms with Crippen molar-refractivity contribution in [2.24, 2.45) is 5.73 Å². The van der Waals surface area contributed by atoms with Gasteiger partial charge in [-0.2, -0.15) is 0 Å². The van der Waals surface area contributed by atoms with E-state index in [-0.39, 0.29) is 6.54 Å². The molecular formula is C10H11FN2. The van der Waals surface area contributed by atoms with Crippen LogP contribution in [0.25, 0.3) is 10.9 Å². The number of nitrogens with one attached hydrogen (secondary N) is 1. The van der Waals surface area contributed by atoms with Gasteiger partial charge in [-0.15, -0.1) is 0 Å². The van der Waals surface area contributed by atoms with Gasteiger partial charge in [0.25, 0.3) is 0 Å². The first-order valence-corrected chi connectivity index (χ1v) is 4.23. The number of halogens is 1. The Labute approximate surface area is 75.6 Å². The van der Waals surface area contributed by atoms with E-state index in [1.807, 2.05) is 18.2 Å².